The second-order valence-electron chi connectivity index (χ2n) is 7.74. The van der Waals surface area contributed by atoms with Gasteiger partial charge in [-0.15, -0.1) is 12.4 Å². The molecule has 1 aliphatic rings. The molecule has 0 radical (unpaired) electrons. The molecule has 3 heterocycles. The number of halogens is 3. The van der Waals surface area contributed by atoms with Crippen LogP contribution < -0.4 is 4.90 Å². The number of carbonyl (C=O) groups excluding carboxylic acids is 1. The minimum atomic E-state index is -0.751. The lowest BCUT2D eigenvalue weighted by molar-refractivity contribution is 0.0376. The molecular formula is C23H22ClF2N5O2S. The molecule has 178 valence electrons. The number of para-hydroxylation sites is 2. The van der Waals surface area contributed by atoms with Gasteiger partial charge < -0.3 is 4.74 Å². The van der Waals surface area contributed by atoms with Crippen LogP contribution in [-0.4, -0.2) is 65.2 Å². The highest BCUT2D eigenvalue weighted by atomic mass is 35.5. The van der Waals surface area contributed by atoms with Crippen LogP contribution in [0.4, 0.5) is 13.9 Å². The van der Waals surface area contributed by atoms with Crippen LogP contribution in [0.5, 0.6) is 0 Å². The molecule has 34 heavy (non-hydrogen) atoms. The minimum Gasteiger partial charge on any atom is -0.379 e. The highest BCUT2D eigenvalue weighted by Gasteiger charge is 2.24. The van der Waals surface area contributed by atoms with E-state index in [4.69, 9.17) is 4.74 Å². The first-order valence-electron chi connectivity index (χ1n) is 10.7. The minimum absolute atomic E-state index is 0. The first-order valence-corrected chi connectivity index (χ1v) is 11.5. The van der Waals surface area contributed by atoms with Crippen LogP contribution in [0.15, 0.2) is 42.6 Å². The van der Waals surface area contributed by atoms with E-state index in [1.165, 1.54) is 17.2 Å². The molecule has 0 atom stereocenters. The molecule has 5 rings (SSSR count). The molecule has 0 unspecified atom stereocenters. The van der Waals surface area contributed by atoms with E-state index < -0.39 is 11.6 Å². The summed E-state index contributed by atoms with van der Waals surface area (Å²) in [5.41, 5.74) is 1.51. The highest BCUT2D eigenvalue weighted by molar-refractivity contribution is 7.22. The van der Waals surface area contributed by atoms with Gasteiger partial charge in [0.25, 0.3) is 5.91 Å². The summed E-state index contributed by atoms with van der Waals surface area (Å²) in [6.07, 6.45) is 2.12. The third-order valence-corrected chi connectivity index (χ3v) is 6.53. The van der Waals surface area contributed by atoms with Gasteiger partial charge >= 0.3 is 0 Å². The summed E-state index contributed by atoms with van der Waals surface area (Å²) in [6, 6.07) is 9.32. The van der Waals surface area contributed by atoms with E-state index in [9.17, 15) is 13.6 Å². The lowest BCUT2D eigenvalue weighted by Gasteiger charge is -2.27. The lowest BCUT2D eigenvalue weighted by Crippen LogP contribution is -2.39. The Hall–Kier alpha value is -2.79. The monoisotopic (exact) mass is 505 g/mol. The number of hydrogen-bond donors (Lipinski definition) is 0. The van der Waals surface area contributed by atoms with Crippen LogP contribution in [0.1, 0.15) is 16.9 Å². The van der Waals surface area contributed by atoms with Crippen molar-refractivity contribution < 1.29 is 18.3 Å². The summed E-state index contributed by atoms with van der Waals surface area (Å²) in [6.45, 7) is 4.21. The third kappa shape index (κ3) is 5.15. The predicted octanol–water partition coefficient (Wildman–Crippen LogP) is 4.31. The average molecular weight is 506 g/mol. The van der Waals surface area contributed by atoms with Crippen molar-refractivity contribution in [1.29, 1.82) is 0 Å². The van der Waals surface area contributed by atoms with Crippen molar-refractivity contribution in [2.75, 3.05) is 44.3 Å². The van der Waals surface area contributed by atoms with E-state index >= 15 is 0 Å². The Balaban J connectivity index is 0.00000274. The molecule has 7 nitrogen and oxygen atoms in total. The van der Waals surface area contributed by atoms with Crippen LogP contribution in [0.25, 0.3) is 21.3 Å². The maximum absolute atomic E-state index is 14.3. The third-order valence-electron chi connectivity index (χ3n) is 5.51. The number of anilines is 1. The normalized spacial score (nSPS) is 14.3. The van der Waals surface area contributed by atoms with Gasteiger partial charge in [0.2, 0.25) is 0 Å². The molecule has 0 saturated carbocycles. The maximum atomic E-state index is 14.3. The highest BCUT2D eigenvalue weighted by Crippen LogP contribution is 2.32. The molecule has 0 N–H and O–H groups in total. The van der Waals surface area contributed by atoms with Crippen molar-refractivity contribution in [3.8, 4) is 0 Å². The van der Waals surface area contributed by atoms with Crippen molar-refractivity contribution in [2.24, 2.45) is 0 Å². The molecule has 0 spiro atoms. The maximum Gasteiger partial charge on any atom is 0.280 e. The summed E-state index contributed by atoms with van der Waals surface area (Å²) >= 11 is 1.08. The summed E-state index contributed by atoms with van der Waals surface area (Å²) in [7, 11) is 0. The van der Waals surface area contributed by atoms with Gasteiger partial charge in [0.15, 0.2) is 10.9 Å². The van der Waals surface area contributed by atoms with E-state index in [-0.39, 0.29) is 29.5 Å². The number of carbonyl (C=O) groups is 1. The zero-order chi connectivity index (χ0) is 22.8. The number of benzene rings is 2. The first kappa shape index (κ1) is 24.3. The van der Waals surface area contributed by atoms with Crippen LogP contribution in [-0.2, 0) is 4.74 Å². The molecule has 2 aromatic heterocycles. The molecule has 0 bridgehead atoms. The summed E-state index contributed by atoms with van der Waals surface area (Å²) < 4.78 is 33.7. The molecule has 1 aliphatic heterocycles. The Labute approximate surface area is 204 Å². The van der Waals surface area contributed by atoms with E-state index in [0.29, 0.717) is 47.0 Å². The van der Waals surface area contributed by atoms with Gasteiger partial charge in [-0.2, -0.15) is 0 Å². The number of amides is 1. The smallest absolute Gasteiger partial charge is 0.280 e. The van der Waals surface area contributed by atoms with E-state index in [2.05, 4.69) is 19.9 Å². The largest absolute Gasteiger partial charge is 0.379 e. The first-order chi connectivity index (χ1) is 16.1. The second kappa shape index (κ2) is 10.6. The Morgan fingerprint density at radius 3 is 2.68 bits per heavy atom. The topological polar surface area (TPSA) is 71.5 Å². The van der Waals surface area contributed by atoms with Crippen molar-refractivity contribution >= 4 is 56.0 Å². The zero-order valence-electron chi connectivity index (χ0n) is 18.1. The van der Waals surface area contributed by atoms with Gasteiger partial charge in [0, 0.05) is 32.2 Å². The number of thiazole rings is 1. The number of morpholine rings is 1. The molecule has 11 heteroatoms. The Bertz CT molecular complexity index is 1320. The summed E-state index contributed by atoms with van der Waals surface area (Å²) in [5.74, 6) is -1.81. The number of hydrogen-bond acceptors (Lipinski definition) is 7. The molecule has 0 aliphatic carbocycles. The fourth-order valence-electron chi connectivity index (χ4n) is 3.82. The fraction of sp³-hybridized carbons (Fsp3) is 0.304. The molecule has 1 fully saturated rings. The Morgan fingerprint density at radius 2 is 1.88 bits per heavy atom. The number of aromatic nitrogens is 3. The number of fused-ring (bicyclic) bond motifs is 2. The van der Waals surface area contributed by atoms with Crippen molar-refractivity contribution in [3.05, 3.63) is 59.9 Å². The van der Waals surface area contributed by atoms with Crippen LogP contribution in [0.3, 0.4) is 0 Å². The van der Waals surface area contributed by atoms with Crippen molar-refractivity contribution in [3.63, 3.8) is 0 Å². The quantitative estimate of drug-likeness (QED) is 0.389. The van der Waals surface area contributed by atoms with Crippen LogP contribution >= 0.6 is 23.7 Å². The summed E-state index contributed by atoms with van der Waals surface area (Å²) in [4.78, 5) is 30.4. The number of rotatable bonds is 6. The van der Waals surface area contributed by atoms with Gasteiger partial charge in [0.05, 0.1) is 35.1 Å². The molecular weight excluding hydrogens is 484 g/mol. The van der Waals surface area contributed by atoms with Crippen molar-refractivity contribution in [2.45, 2.75) is 6.42 Å². The van der Waals surface area contributed by atoms with E-state index in [1.54, 1.807) is 6.07 Å². The van der Waals surface area contributed by atoms with E-state index in [1.807, 2.05) is 18.2 Å². The molecule has 1 amide bonds. The molecule has 4 aromatic rings. The Morgan fingerprint density at radius 1 is 1.12 bits per heavy atom. The SMILES string of the molecule is Cl.O=C(c1cnc2ccccc2n1)N(CCCN1CCOCC1)c1nc2c(F)cc(F)cc2s1. The van der Waals surface area contributed by atoms with Gasteiger partial charge in [-0.25, -0.2) is 18.7 Å². The van der Waals surface area contributed by atoms with Crippen LogP contribution in [0.2, 0.25) is 0 Å². The average Bonchev–Trinajstić information content (AvgIpc) is 3.26. The standard InChI is InChI=1S/C23H21F2N5O2S.ClH/c24-15-12-16(25)21-20(13-15)33-23(28-21)30(7-3-6-29-8-10-32-11-9-29)22(31)19-14-26-17-4-1-2-5-18(17)27-19;/h1-2,4-5,12-14H,3,6-11H2;1H. The number of nitrogens with zero attached hydrogens (tertiary/aromatic N) is 5. The van der Waals surface area contributed by atoms with Crippen molar-refractivity contribution in [1.82, 2.24) is 19.9 Å². The Kier molecular flexibility index (Phi) is 7.62. The molecule has 2 aromatic carbocycles. The second-order valence-corrected chi connectivity index (χ2v) is 8.75. The van der Waals surface area contributed by atoms with Gasteiger partial charge in [0.1, 0.15) is 17.0 Å². The van der Waals surface area contributed by atoms with Crippen LogP contribution in [0, 0.1) is 11.6 Å². The zero-order valence-corrected chi connectivity index (χ0v) is 19.7. The number of ether oxygens (including phenoxy) is 1. The van der Waals surface area contributed by atoms with E-state index in [0.717, 1.165) is 37.0 Å². The summed E-state index contributed by atoms with van der Waals surface area (Å²) in [5, 5.41) is 0.302. The fourth-order valence-corrected chi connectivity index (χ4v) is 4.85. The van der Waals surface area contributed by atoms with Gasteiger partial charge in [-0.1, -0.05) is 23.5 Å². The van der Waals surface area contributed by atoms with Gasteiger partial charge in [-0.05, 0) is 24.6 Å². The molecule has 1 saturated heterocycles. The van der Waals surface area contributed by atoms with Gasteiger partial charge in [-0.3, -0.25) is 19.6 Å². The predicted molar refractivity (Wildman–Crippen MR) is 130 cm³/mol. The lowest BCUT2D eigenvalue weighted by atomic mass is 10.2.